The molecule has 1 atom stereocenters. The third kappa shape index (κ3) is 6.57. The van der Waals surface area contributed by atoms with Crippen molar-refractivity contribution in [3.8, 4) is 29.1 Å². The molecule has 0 heterocycles. The van der Waals surface area contributed by atoms with Crippen molar-refractivity contribution in [2.24, 2.45) is 0 Å². The smallest absolute Gasteiger partial charge is 0.161 e. The number of aryl methyl sites for hydroxylation is 1. The standard InChI is InChI=1S/C24H32N2O4/c1-27-21-11-9-18(15-23(21)29-3)7-5-13-26-14-6-8-20(17-25)19-10-12-22(28-2)24(16-19)30-4/h9-12,15-16,20,26H,5-8,13-14H2,1-4H3/t20-/m1/s1. The first kappa shape index (κ1) is 23.4. The Morgan fingerprint density at radius 1 is 0.800 bits per heavy atom. The van der Waals surface area contributed by atoms with Crippen molar-refractivity contribution in [1.29, 1.82) is 5.26 Å². The van der Waals surface area contributed by atoms with Crippen LogP contribution in [-0.4, -0.2) is 41.5 Å². The van der Waals surface area contributed by atoms with Gasteiger partial charge >= 0.3 is 0 Å². The minimum absolute atomic E-state index is 0.154. The molecule has 0 unspecified atom stereocenters. The van der Waals surface area contributed by atoms with E-state index in [9.17, 15) is 5.26 Å². The van der Waals surface area contributed by atoms with Crippen molar-refractivity contribution in [2.75, 3.05) is 41.5 Å². The van der Waals surface area contributed by atoms with Crippen molar-refractivity contribution in [3.63, 3.8) is 0 Å². The summed E-state index contributed by atoms with van der Waals surface area (Å²) in [5, 5.41) is 13.0. The summed E-state index contributed by atoms with van der Waals surface area (Å²) >= 11 is 0. The number of hydrogen-bond acceptors (Lipinski definition) is 6. The van der Waals surface area contributed by atoms with E-state index in [-0.39, 0.29) is 5.92 Å². The molecule has 2 rings (SSSR count). The van der Waals surface area contributed by atoms with E-state index in [1.165, 1.54) is 5.56 Å². The Labute approximate surface area is 179 Å². The van der Waals surface area contributed by atoms with E-state index in [0.717, 1.165) is 55.8 Å². The lowest BCUT2D eigenvalue weighted by Crippen LogP contribution is -2.17. The third-order valence-corrected chi connectivity index (χ3v) is 5.08. The quantitative estimate of drug-likeness (QED) is 0.494. The lowest BCUT2D eigenvalue weighted by Gasteiger charge is -2.13. The van der Waals surface area contributed by atoms with E-state index in [2.05, 4.69) is 17.5 Å². The molecule has 162 valence electrons. The number of nitriles is 1. The number of rotatable bonds is 13. The van der Waals surface area contributed by atoms with Gasteiger partial charge in [0.05, 0.1) is 40.4 Å². The van der Waals surface area contributed by atoms with Gasteiger partial charge in [0.1, 0.15) is 0 Å². The molecule has 0 aromatic heterocycles. The number of hydrogen-bond donors (Lipinski definition) is 1. The van der Waals surface area contributed by atoms with E-state index >= 15 is 0 Å². The van der Waals surface area contributed by atoms with Crippen molar-refractivity contribution in [1.82, 2.24) is 5.32 Å². The summed E-state index contributed by atoms with van der Waals surface area (Å²) in [4.78, 5) is 0. The molecule has 0 aliphatic heterocycles. The average molecular weight is 413 g/mol. The molecule has 0 bridgehead atoms. The van der Waals surface area contributed by atoms with E-state index in [1.54, 1.807) is 28.4 Å². The van der Waals surface area contributed by atoms with Gasteiger partial charge in [0, 0.05) is 0 Å². The van der Waals surface area contributed by atoms with Gasteiger partial charge in [-0.2, -0.15) is 5.26 Å². The fourth-order valence-electron chi connectivity index (χ4n) is 3.39. The predicted octanol–water partition coefficient (Wildman–Crippen LogP) is 4.33. The molecule has 0 saturated carbocycles. The number of benzene rings is 2. The van der Waals surface area contributed by atoms with Crippen LogP contribution in [0.5, 0.6) is 23.0 Å². The van der Waals surface area contributed by atoms with Crippen LogP contribution in [0.1, 0.15) is 36.3 Å². The molecule has 0 aliphatic rings. The molecule has 0 saturated heterocycles. The summed E-state index contributed by atoms with van der Waals surface area (Å²) in [6.07, 6.45) is 3.74. The molecule has 0 amide bonds. The summed E-state index contributed by atoms with van der Waals surface area (Å²) < 4.78 is 21.2. The molecule has 0 radical (unpaired) electrons. The second-order valence-corrected chi connectivity index (χ2v) is 6.98. The Bertz CT molecular complexity index is 832. The van der Waals surface area contributed by atoms with E-state index in [1.807, 2.05) is 30.3 Å². The van der Waals surface area contributed by atoms with Gasteiger partial charge in [0.25, 0.3) is 0 Å². The van der Waals surface area contributed by atoms with Crippen LogP contribution in [0.3, 0.4) is 0 Å². The van der Waals surface area contributed by atoms with E-state index in [4.69, 9.17) is 18.9 Å². The largest absolute Gasteiger partial charge is 0.493 e. The molecule has 1 N–H and O–H groups in total. The minimum atomic E-state index is -0.154. The third-order valence-electron chi connectivity index (χ3n) is 5.08. The summed E-state index contributed by atoms with van der Waals surface area (Å²) in [6, 6.07) is 14.1. The predicted molar refractivity (Wildman–Crippen MR) is 118 cm³/mol. The van der Waals surface area contributed by atoms with Crippen LogP contribution in [0.15, 0.2) is 36.4 Å². The molecule has 0 fully saturated rings. The lowest BCUT2D eigenvalue weighted by molar-refractivity contribution is 0.354. The first-order valence-corrected chi connectivity index (χ1v) is 10.2. The fourth-order valence-corrected chi connectivity index (χ4v) is 3.39. The molecular weight excluding hydrogens is 380 g/mol. The molecule has 0 aliphatic carbocycles. The van der Waals surface area contributed by atoms with Gasteiger partial charge in [-0.1, -0.05) is 12.1 Å². The highest BCUT2D eigenvalue weighted by Crippen LogP contribution is 2.32. The van der Waals surface area contributed by atoms with Crippen molar-refractivity contribution in [3.05, 3.63) is 47.5 Å². The summed E-state index contributed by atoms with van der Waals surface area (Å²) in [6.45, 7) is 1.82. The summed E-state index contributed by atoms with van der Waals surface area (Å²) in [7, 11) is 6.51. The van der Waals surface area contributed by atoms with Crippen LogP contribution < -0.4 is 24.3 Å². The number of ether oxygens (including phenoxy) is 4. The van der Waals surface area contributed by atoms with Gasteiger partial charge in [-0.25, -0.2) is 0 Å². The highest BCUT2D eigenvalue weighted by Gasteiger charge is 2.13. The van der Waals surface area contributed by atoms with E-state index < -0.39 is 0 Å². The van der Waals surface area contributed by atoms with Crippen LogP contribution in [0.2, 0.25) is 0 Å². The van der Waals surface area contributed by atoms with E-state index in [0.29, 0.717) is 11.5 Å². The maximum atomic E-state index is 9.55. The lowest BCUT2D eigenvalue weighted by atomic mass is 9.95. The second kappa shape index (κ2) is 12.6. The zero-order valence-corrected chi connectivity index (χ0v) is 18.4. The van der Waals surface area contributed by atoms with Gasteiger partial charge in [0.15, 0.2) is 23.0 Å². The fraction of sp³-hybridized carbons (Fsp3) is 0.458. The molecule has 2 aromatic rings. The monoisotopic (exact) mass is 412 g/mol. The maximum Gasteiger partial charge on any atom is 0.161 e. The molecular formula is C24H32N2O4. The Hall–Kier alpha value is -2.91. The van der Waals surface area contributed by atoms with Gasteiger partial charge < -0.3 is 24.3 Å². The Kier molecular flexibility index (Phi) is 9.82. The maximum absolute atomic E-state index is 9.55. The van der Waals surface area contributed by atoms with Crippen molar-refractivity contribution in [2.45, 2.75) is 31.6 Å². The van der Waals surface area contributed by atoms with Gasteiger partial charge in [-0.15, -0.1) is 0 Å². The molecule has 2 aromatic carbocycles. The van der Waals surface area contributed by atoms with Gasteiger partial charge in [0.2, 0.25) is 0 Å². The number of nitrogens with zero attached hydrogens (tertiary/aromatic N) is 1. The first-order chi connectivity index (χ1) is 14.7. The minimum Gasteiger partial charge on any atom is -0.493 e. The van der Waals surface area contributed by atoms with Crippen LogP contribution in [-0.2, 0) is 6.42 Å². The van der Waals surface area contributed by atoms with Gasteiger partial charge in [-0.3, -0.25) is 0 Å². The SMILES string of the molecule is COc1ccc(CCCNCCC[C@H](C#N)c2ccc(OC)c(OC)c2)cc1OC. The van der Waals surface area contributed by atoms with Gasteiger partial charge in [-0.05, 0) is 74.2 Å². The van der Waals surface area contributed by atoms with Crippen LogP contribution in [0.25, 0.3) is 0 Å². The molecule has 30 heavy (non-hydrogen) atoms. The summed E-state index contributed by atoms with van der Waals surface area (Å²) in [5.41, 5.74) is 2.19. The summed E-state index contributed by atoms with van der Waals surface area (Å²) in [5.74, 6) is 2.69. The number of methoxy groups -OCH3 is 4. The second-order valence-electron chi connectivity index (χ2n) is 6.98. The normalized spacial score (nSPS) is 11.4. The van der Waals surface area contributed by atoms with Crippen molar-refractivity contribution >= 4 is 0 Å². The Morgan fingerprint density at radius 3 is 2.03 bits per heavy atom. The number of nitrogens with one attached hydrogen (secondary N) is 1. The van der Waals surface area contributed by atoms with Crippen LogP contribution in [0.4, 0.5) is 0 Å². The molecule has 6 heteroatoms. The Balaban J connectivity index is 1.71. The average Bonchev–Trinajstić information content (AvgIpc) is 2.80. The zero-order chi connectivity index (χ0) is 21.8. The van der Waals surface area contributed by atoms with Crippen LogP contribution >= 0.6 is 0 Å². The first-order valence-electron chi connectivity index (χ1n) is 10.2. The highest BCUT2D eigenvalue weighted by atomic mass is 16.5. The topological polar surface area (TPSA) is 72.7 Å². The Morgan fingerprint density at radius 2 is 1.40 bits per heavy atom. The highest BCUT2D eigenvalue weighted by molar-refractivity contribution is 5.45. The molecule has 6 nitrogen and oxygen atoms in total. The molecule has 0 spiro atoms. The van der Waals surface area contributed by atoms with Crippen LogP contribution in [0, 0.1) is 11.3 Å². The van der Waals surface area contributed by atoms with Crippen molar-refractivity contribution < 1.29 is 18.9 Å². The zero-order valence-electron chi connectivity index (χ0n) is 18.4.